The van der Waals surface area contributed by atoms with Crippen molar-refractivity contribution in [3.63, 3.8) is 0 Å². The molecule has 10 heavy (non-hydrogen) atoms. The minimum absolute atomic E-state index is 0.380. The van der Waals surface area contributed by atoms with Gasteiger partial charge in [-0.25, -0.2) is 0 Å². The maximum Gasteiger partial charge on any atom is 0.0670 e. The van der Waals surface area contributed by atoms with Crippen molar-refractivity contribution in [2.75, 3.05) is 20.7 Å². The molecule has 1 atom stereocenters. The van der Waals surface area contributed by atoms with Gasteiger partial charge in [0, 0.05) is 19.7 Å². The lowest BCUT2D eigenvalue weighted by Gasteiger charge is -2.19. The summed E-state index contributed by atoms with van der Waals surface area (Å²) in [6, 6.07) is 0.859. The second-order valence-corrected chi connectivity index (χ2v) is 3.22. The predicted molar refractivity (Wildman–Crippen MR) is 42.1 cm³/mol. The summed E-state index contributed by atoms with van der Waals surface area (Å²) < 4.78 is 5.16. The molecule has 1 fully saturated rings. The molecule has 1 unspecified atom stereocenters. The lowest BCUT2D eigenvalue weighted by molar-refractivity contribution is 0.0835. The first-order valence-electron chi connectivity index (χ1n) is 3.97. The molecule has 0 bridgehead atoms. The van der Waals surface area contributed by atoms with Crippen molar-refractivity contribution < 1.29 is 4.74 Å². The summed E-state index contributed by atoms with van der Waals surface area (Å²) in [5.41, 5.74) is 0. The molecule has 1 aliphatic carbocycles. The van der Waals surface area contributed by atoms with E-state index in [0.29, 0.717) is 6.10 Å². The Balaban J connectivity index is 2.10. The number of ether oxygens (including phenoxy) is 1. The van der Waals surface area contributed by atoms with Crippen molar-refractivity contribution in [3.8, 4) is 0 Å². The summed E-state index contributed by atoms with van der Waals surface area (Å²) >= 11 is 0. The third-order valence-electron chi connectivity index (χ3n) is 2.12. The van der Waals surface area contributed by atoms with E-state index in [1.807, 2.05) is 0 Å². The Morgan fingerprint density at radius 3 is 2.60 bits per heavy atom. The molecule has 1 rings (SSSR count). The number of methoxy groups -OCH3 is 1. The Bertz CT molecular complexity index is 101. The lowest BCUT2D eigenvalue weighted by atomic mass is 10.3. The third kappa shape index (κ3) is 2.27. The number of rotatable bonds is 4. The maximum absolute atomic E-state index is 5.16. The molecule has 0 aromatic heterocycles. The van der Waals surface area contributed by atoms with Gasteiger partial charge >= 0.3 is 0 Å². The summed E-state index contributed by atoms with van der Waals surface area (Å²) in [5.74, 6) is 0. The molecule has 0 aromatic carbocycles. The van der Waals surface area contributed by atoms with Crippen LogP contribution >= 0.6 is 0 Å². The highest BCUT2D eigenvalue weighted by molar-refractivity contribution is 4.82. The van der Waals surface area contributed by atoms with Gasteiger partial charge in [0.25, 0.3) is 0 Å². The van der Waals surface area contributed by atoms with Crippen molar-refractivity contribution in [3.05, 3.63) is 0 Å². The van der Waals surface area contributed by atoms with Crippen molar-refractivity contribution in [1.29, 1.82) is 0 Å². The fourth-order valence-electron chi connectivity index (χ4n) is 1.14. The van der Waals surface area contributed by atoms with E-state index in [9.17, 15) is 0 Å². The van der Waals surface area contributed by atoms with Crippen LogP contribution in [0.25, 0.3) is 0 Å². The van der Waals surface area contributed by atoms with Crippen LogP contribution in [0.3, 0.4) is 0 Å². The highest BCUT2D eigenvalue weighted by Gasteiger charge is 2.26. The Morgan fingerprint density at radius 2 is 2.20 bits per heavy atom. The van der Waals surface area contributed by atoms with Crippen molar-refractivity contribution in [2.24, 2.45) is 0 Å². The topological polar surface area (TPSA) is 12.5 Å². The fraction of sp³-hybridized carbons (Fsp3) is 1.00. The highest BCUT2D eigenvalue weighted by atomic mass is 16.5. The number of hydrogen-bond donors (Lipinski definition) is 0. The fourth-order valence-corrected chi connectivity index (χ4v) is 1.14. The maximum atomic E-state index is 5.16. The van der Waals surface area contributed by atoms with Crippen LogP contribution in [0.2, 0.25) is 0 Å². The number of nitrogens with zero attached hydrogens (tertiary/aromatic N) is 1. The van der Waals surface area contributed by atoms with Gasteiger partial charge in [0.1, 0.15) is 0 Å². The van der Waals surface area contributed by atoms with E-state index in [0.717, 1.165) is 12.6 Å². The van der Waals surface area contributed by atoms with E-state index < -0.39 is 0 Å². The minimum atomic E-state index is 0.380. The quantitative estimate of drug-likeness (QED) is 0.584. The van der Waals surface area contributed by atoms with Gasteiger partial charge in [0.2, 0.25) is 0 Å². The van der Waals surface area contributed by atoms with Crippen molar-refractivity contribution in [2.45, 2.75) is 31.9 Å². The lowest BCUT2D eigenvalue weighted by Crippen LogP contribution is -2.30. The SMILES string of the molecule is COC(C)CN(C)C1CC1. The Kier molecular flexibility index (Phi) is 2.69. The molecule has 0 aliphatic heterocycles. The first-order chi connectivity index (χ1) is 4.74. The second kappa shape index (κ2) is 3.35. The zero-order chi connectivity index (χ0) is 7.56. The summed E-state index contributed by atoms with van der Waals surface area (Å²) in [7, 11) is 3.94. The van der Waals surface area contributed by atoms with E-state index in [4.69, 9.17) is 4.74 Å². The molecule has 0 radical (unpaired) electrons. The molecule has 60 valence electrons. The Labute approximate surface area is 63.2 Å². The average molecular weight is 143 g/mol. The van der Waals surface area contributed by atoms with Gasteiger partial charge in [-0.2, -0.15) is 0 Å². The molecular formula is C8H17NO. The van der Waals surface area contributed by atoms with Crippen LogP contribution in [0.1, 0.15) is 19.8 Å². The minimum Gasteiger partial charge on any atom is -0.380 e. The second-order valence-electron chi connectivity index (χ2n) is 3.22. The first-order valence-corrected chi connectivity index (χ1v) is 3.97. The van der Waals surface area contributed by atoms with Crippen LogP contribution in [0.4, 0.5) is 0 Å². The van der Waals surface area contributed by atoms with Gasteiger partial charge < -0.3 is 9.64 Å². The number of likely N-dealkylation sites (N-methyl/N-ethyl adjacent to an activating group) is 1. The largest absolute Gasteiger partial charge is 0.380 e. The molecule has 0 spiro atoms. The van der Waals surface area contributed by atoms with Crippen LogP contribution in [0.15, 0.2) is 0 Å². The van der Waals surface area contributed by atoms with Crippen molar-refractivity contribution >= 4 is 0 Å². The van der Waals surface area contributed by atoms with Gasteiger partial charge in [0.05, 0.1) is 6.10 Å². The van der Waals surface area contributed by atoms with Crippen molar-refractivity contribution in [1.82, 2.24) is 4.90 Å². The Morgan fingerprint density at radius 1 is 1.60 bits per heavy atom. The van der Waals surface area contributed by atoms with Crippen LogP contribution in [0.5, 0.6) is 0 Å². The highest BCUT2D eigenvalue weighted by Crippen LogP contribution is 2.25. The standard InChI is InChI=1S/C8H17NO/c1-7(10-3)6-9(2)8-4-5-8/h7-8H,4-6H2,1-3H3. The summed E-state index contributed by atoms with van der Waals surface area (Å²) in [6.45, 7) is 3.18. The summed E-state index contributed by atoms with van der Waals surface area (Å²) in [4.78, 5) is 2.38. The average Bonchev–Trinajstić information content (AvgIpc) is 2.68. The molecular weight excluding hydrogens is 126 g/mol. The van der Waals surface area contributed by atoms with E-state index in [-0.39, 0.29) is 0 Å². The van der Waals surface area contributed by atoms with Crippen LogP contribution in [0, 0.1) is 0 Å². The third-order valence-corrected chi connectivity index (χ3v) is 2.12. The van der Waals surface area contributed by atoms with Crippen LogP contribution < -0.4 is 0 Å². The molecule has 0 N–H and O–H groups in total. The smallest absolute Gasteiger partial charge is 0.0670 e. The van der Waals surface area contributed by atoms with Gasteiger partial charge in [-0.3, -0.25) is 0 Å². The summed E-state index contributed by atoms with van der Waals surface area (Å²) in [5, 5.41) is 0. The first kappa shape index (κ1) is 8.02. The monoisotopic (exact) mass is 143 g/mol. The molecule has 2 heteroatoms. The van der Waals surface area contributed by atoms with E-state index in [1.54, 1.807) is 7.11 Å². The van der Waals surface area contributed by atoms with Gasteiger partial charge in [-0.05, 0) is 26.8 Å². The van der Waals surface area contributed by atoms with E-state index in [2.05, 4.69) is 18.9 Å². The van der Waals surface area contributed by atoms with Crippen LogP contribution in [-0.2, 0) is 4.74 Å². The van der Waals surface area contributed by atoms with Gasteiger partial charge in [-0.1, -0.05) is 0 Å². The molecule has 1 aliphatic rings. The normalized spacial score (nSPS) is 21.6. The molecule has 0 heterocycles. The van der Waals surface area contributed by atoms with Gasteiger partial charge in [0.15, 0.2) is 0 Å². The summed E-state index contributed by atoms with van der Waals surface area (Å²) in [6.07, 6.45) is 3.14. The van der Waals surface area contributed by atoms with E-state index in [1.165, 1.54) is 12.8 Å². The Hall–Kier alpha value is -0.0800. The zero-order valence-electron chi connectivity index (χ0n) is 7.13. The molecule has 0 saturated heterocycles. The zero-order valence-corrected chi connectivity index (χ0v) is 7.13. The molecule has 2 nitrogen and oxygen atoms in total. The van der Waals surface area contributed by atoms with E-state index >= 15 is 0 Å². The molecule has 1 saturated carbocycles. The molecule has 0 aromatic rings. The molecule has 0 amide bonds. The van der Waals surface area contributed by atoms with Gasteiger partial charge in [-0.15, -0.1) is 0 Å². The van der Waals surface area contributed by atoms with Crippen LogP contribution in [-0.4, -0.2) is 37.7 Å². The predicted octanol–water partition coefficient (Wildman–Crippen LogP) is 1.12. The number of hydrogen-bond acceptors (Lipinski definition) is 2.